The molecule has 0 heterocycles. The molecular formula is C32H43N3O6. The highest BCUT2D eigenvalue weighted by Crippen LogP contribution is 2.37. The van der Waals surface area contributed by atoms with E-state index in [1.165, 1.54) is 0 Å². The van der Waals surface area contributed by atoms with Gasteiger partial charge in [0.15, 0.2) is 0 Å². The SMILES string of the molecule is CCOC(=O)CCNC(=O)C(c1cc(C)ccc1C)N(C(=O)C(Cc1ccccc1)NC(=O)OC(C)(C)C)C1CC1. The molecule has 0 spiro atoms. The second kappa shape index (κ2) is 14.1. The van der Waals surface area contributed by atoms with Crippen LogP contribution in [0, 0.1) is 13.8 Å². The van der Waals surface area contributed by atoms with E-state index < -0.39 is 29.7 Å². The van der Waals surface area contributed by atoms with Gasteiger partial charge < -0.3 is 25.0 Å². The highest BCUT2D eigenvalue weighted by Gasteiger charge is 2.44. The Hall–Kier alpha value is -3.88. The van der Waals surface area contributed by atoms with Gasteiger partial charge in [0, 0.05) is 19.0 Å². The number of nitrogens with one attached hydrogen (secondary N) is 2. The molecule has 0 saturated heterocycles. The van der Waals surface area contributed by atoms with Gasteiger partial charge in [-0.05, 0) is 71.1 Å². The molecule has 2 aromatic rings. The smallest absolute Gasteiger partial charge is 0.408 e. The summed E-state index contributed by atoms with van der Waals surface area (Å²) < 4.78 is 10.5. The van der Waals surface area contributed by atoms with Crippen molar-refractivity contribution < 1.29 is 28.7 Å². The molecule has 1 saturated carbocycles. The predicted octanol–water partition coefficient (Wildman–Crippen LogP) is 4.54. The second-order valence-corrected chi connectivity index (χ2v) is 11.5. The van der Waals surface area contributed by atoms with E-state index >= 15 is 0 Å². The van der Waals surface area contributed by atoms with Crippen LogP contribution in [0.15, 0.2) is 48.5 Å². The zero-order valence-corrected chi connectivity index (χ0v) is 25.0. The number of amides is 3. The largest absolute Gasteiger partial charge is 0.466 e. The molecule has 0 aromatic heterocycles. The summed E-state index contributed by atoms with van der Waals surface area (Å²) in [4.78, 5) is 54.7. The van der Waals surface area contributed by atoms with Crippen LogP contribution in [0.3, 0.4) is 0 Å². The molecule has 0 bridgehead atoms. The standard InChI is InChI=1S/C32H43N3O6/c1-7-40-27(36)17-18-33-29(37)28(25-19-21(2)13-14-22(25)3)35(24-15-16-24)30(38)26(20-23-11-9-8-10-12-23)34-31(39)41-32(4,5)6/h8-14,19,24,26,28H,7,15-18,20H2,1-6H3,(H,33,37)(H,34,39). The predicted molar refractivity (Wildman–Crippen MR) is 156 cm³/mol. The average molecular weight is 566 g/mol. The Morgan fingerprint density at radius 2 is 1.71 bits per heavy atom. The Morgan fingerprint density at radius 3 is 2.32 bits per heavy atom. The van der Waals surface area contributed by atoms with Gasteiger partial charge in [-0.15, -0.1) is 0 Å². The number of carbonyl (C=O) groups is 4. The van der Waals surface area contributed by atoms with Crippen molar-refractivity contribution in [3.05, 3.63) is 70.8 Å². The third-order valence-corrected chi connectivity index (χ3v) is 6.66. The fraction of sp³-hybridized carbons (Fsp3) is 0.500. The van der Waals surface area contributed by atoms with E-state index in [0.717, 1.165) is 29.5 Å². The number of esters is 1. The summed E-state index contributed by atoms with van der Waals surface area (Å²) in [6.07, 6.45) is 1.03. The van der Waals surface area contributed by atoms with Crippen LogP contribution >= 0.6 is 0 Å². The van der Waals surface area contributed by atoms with Crippen LogP contribution in [0.5, 0.6) is 0 Å². The number of benzene rings is 2. The molecule has 1 fully saturated rings. The molecule has 2 unspecified atom stereocenters. The van der Waals surface area contributed by atoms with Gasteiger partial charge in [-0.1, -0.05) is 54.1 Å². The first-order chi connectivity index (χ1) is 19.4. The summed E-state index contributed by atoms with van der Waals surface area (Å²) >= 11 is 0. The molecule has 1 aliphatic carbocycles. The van der Waals surface area contributed by atoms with Gasteiger partial charge >= 0.3 is 12.1 Å². The minimum atomic E-state index is -0.965. The molecule has 3 amide bonds. The van der Waals surface area contributed by atoms with Crippen molar-refractivity contribution >= 4 is 23.9 Å². The molecule has 9 nitrogen and oxygen atoms in total. The highest BCUT2D eigenvalue weighted by atomic mass is 16.6. The summed E-state index contributed by atoms with van der Waals surface area (Å²) in [5.74, 6) is -1.16. The maximum Gasteiger partial charge on any atom is 0.408 e. The molecular weight excluding hydrogens is 522 g/mol. The van der Waals surface area contributed by atoms with E-state index in [-0.39, 0.29) is 43.8 Å². The molecule has 222 valence electrons. The zero-order chi connectivity index (χ0) is 30.2. The first-order valence-electron chi connectivity index (χ1n) is 14.3. The maximum absolute atomic E-state index is 14.4. The summed E-state index contributed by atoms with van der Waals surface area (Å²) in [6, 6.07) is 13.1. The lowest BCUT2D eigenvalue weighted by Gasteiger charge is -2.35. The molecule has 0 aliphatic heterocycles. The third-order valence-electron chi connectivity index (χ3n) is 6.66. The van der Waals surface area contributed by atoms with Gasteiger partial charge in [-0.2, -0.15) is 0 Å². The summed E-state index contributed by atoms with van der Waals surface area (Å²) in [6.45, 7) is 11.2. The molecule has 1 aliphatic rings. The van der Waals surface area contributed by atoms with E-state index in [1.54, 1.807) is 32.6 Å². The minimum Gasteiger partial charge on any atom is -0.466 e. The Labute approximate surface area is 243 Å². The number of alkyl carbamates (subject to hydrolysis) is 1. The van der Waals surface area contributed by atoms with Crippen LogP contribution in [0.2, 0.25) is 0 Å². The Morgan fingerprint density at radius 1 is 1.02 bits per heavy atom. The van der Waals surface area contributed by atoms with Crippen LogP contribution in [-0.4, -0.2) is 59.6 Å². The fourth-order valence-electron chi connectivity index (χ4n) is 4.64. The first-order valence-corrected chi connectivity index (χ1v) is 14.3. The van der Waals surface area contributed by atoms with Gasteiger partial charge in [0.1, 0.15) is 17.7 Å². The van der Waals surface area contributed by atoms with Crippen LogP contribution < -0.4 is 10.6 Å². The van der Waals surface area contributed by atoms with Gasteiger partial charge in [-0.3, -0.25) is 14.4 Å². The van der Waals surface area contributed by atoms with Crippen molar-refractivity contribution in [1.29, 1.82) is 0 Å². The lowest BCUT2D eigenvalue weighted by atomic mass is 9.95. The van der Waals surface area contributed by atoms with Gasteiger partial charge in [0.05, 0.1) is 13.0 Å². The highest BCUT2D eigenvalue weighted by molar-refractivity contribution is 5.93. The summed E-state index contributed by atoms with van der Waals surface area (Å²) in [5.41, 5.74) is 2.63. The number of hydrogen-bond donors (Lipinski definition) is 2. The van der Waals surface area contributed by atoms with E-state index in [2.05, 4.69) is 10.6 Å². The maximum atomic E-state index is 14.4. The van der Waals surface area contributed by atoms with Crippen LogP contribution in [-0.2, 0) is 30.3 Å². The number of aryl methyl sites for hydroxylation is 2. The number of carbonyl (C=O) groups excluding carboxylic acids is 4. The molecule has 2 N–H and O–H groups in total. The monoisotopic (exact) mass is 565 g/mol. The number of rotatable bonds is 12. The lowest BCUT2D eigenvalue weighted by molar-refractivity contribution is -0.144. The van der Waals surface area contributed by atoms with Gasteiger partial charge in [-0.25, -0.2) is 4.79 Å². The Kier molecular flexibility index (Phi) is 10.9. The van der Waals surface area contributed by atoms with E-state index in [9.17, 15) is 19.2 Å². The van der Waals surface area contributed by atoms with Crippen molar-refractivity contribution in [3.63, 3.8) is 0 Å². The summed E-state index contributed by atoms with van der Waals surface area (Å²) in [7, 11) is 0. The van der Waals surface area contributed by atoms with Crippen molar-refractivity contribution in [1.82, 2.24) is 15.5 Å². The summed E-state index contributed by atoms with van der Waals surface area (Å²) in [5, 5.41) is 5.63. The molecule has 41 heavy (non-hydrogen) atoms. The van der Waals surface area contributed by atoms with Crippen molar-refractivity contribution in [2.75, 3.05) is 13.2 Å². The zero-order valence-electron chi connectivity index (χ0n) is 25.0. The minimum absolute atomic E-state index is 0.0211. The normalized spacial score (nSPS) is 14.4. The molecule has 2 aromatic carbocycles. The van der Waals surface area contributed by atoms with Gasteiger partial charge in [0.2, 0.25) is 11.8 Å². The first kappa shape index (κ1) is 31.6. The number of ether oxygens (including phenoxy) is 2. The fourth-order valence-corrected chi connectivity index (χ4v) is 4.64. The molecule has 0 radical (unpaired) electrons. The van der Waals surface area contributed by atoms with Gasteiger partial charge in [0.25, 0.3) is 0 Å². The van der Waals surface area contributed by atoms with E-state index in [4.69, 9.17) is 9.47 Å². The molecule has 2 atom stereocenters. The quantitative estimate of drug-likeness (QED) is 0.365. The average Bonchev–Trinajstić information content (AvgIpc) is 3.73. The molecule has 9 heteroatoms. The second-order valence-electron chi connectivity index (χ2n) is 11.5. The topological polar surface area (TPSA) is 114 Å². The van der Waals surface area contributed by atoms with E-state index in [1.807, 2.05) is 62.4 Å². The number of nitrogens with zero attached hydrogens (tertiary/aromatic N) is 1. The van der Waals surface area contributed by atoms with Crippen molar-refractivity contribution in [2.45, 2.75) is 91.0 Å². The van der Waals surface area contributed by atoms with Crippen LogP contribution in [0.4, 0.5) is 4.79 Å². The lowest BCUT2D eigenvalue weighted by Crippen LogP contribution is -2.54. The molecule has 3 rings (SSSR count). The third kappa shape index (κ3) is 9.62. The van der Waals surface area contributed by atoms with Crippen molar-refractivity contribution in [3.8, 4) is 0 Å². The van der Waals surface area contributed by atoms with Crippen LogP contribution in [0.1, 0.15) is 75.3 Å². The van der Waals surface area contributed by atoms with E-state index in [0.29, 0.717) is 5.56 Å². The Balaban J connectivity index is 1.98. The Bertz CT molecular complexity index is 1220. The van der Waals surface area contributed by atoms with Crippen LogP contribution in [0.25, 0.3) is 0 Å². The van der Waals surface area contributed by atoms with Crippen molar-refractivity contribution in [2.24, 2.45) is 0 Å². The number of hydrogen-bond acceptors (Lipinski definition) is 6.